The van der Waals surface area contributed by atoms with Crippen molar-refractivity contribution >= 4 is 5.97 Å². The Morgan fingerprint density at radius 1 is 1.36 bits per heavy atom. The van der Waals surface area contributed by atoms with Crippen molar-refractivity contribution in [3.8, 4) is 0 Å². The van der Waals surface area contributed by atoms with Gasteiger partial charge in [-0.05, 0) is 18.9 Å². The molecule has 0 radical (unpaired) electrons. The minimum Gasteiger partial charge on any atom is -0.480 e. The SMILES string of the molecule is CN[C@H](C(=O)O)[C@@H](C)C(C)C. The highest BCUT2D eigenvalue weighted by Gasteiger charge is 2.24. The van der Waals surface area contributed by atoms with E-state index in [4.69, 9.17) is 5.11 Å². The number of nitrogens with one attached hydrogen (secondary N) is 1. The number of carbonyl (C=O) groups is 1. The molecular formula is C8H17NO2. The standard InChI is InChI=1S/C8H17NO2/c1-5(2)6(3)7(9-4)8(10)11/h5-7,9H,1-4H3,(H,10,11)/t6-,7-/m0/s1. The smallest absolute Gasteiger partial charge is 0.320 e. The fraction of sp³-hybridized carbons (Fsp3) is 0.875. The lowest BCUT2D eigenvalue weighted by molar-refractivity contribution is -0.141. The van der Waals surface area contributed by atoms with Crippen LogP contribution in [0.5, 0.6) is 0 Å². The van der Waals surface area contributed by atoms with Gasteiger partial charge in [-0.25, -0.2) is 0 Å². The summed E-state index contributed by atoms with van der Waals surface area (Å²) in [5, 5.41) is 11.5. The molecule has 0 fully saturated rings. The highest BCUT2D eigenvalue weighted by Crippen LogP contribution is 2.14. The second-order valence-corrected chi connectivity index (χ2v) is 3.21. The molecule has 66 valence electrons. The summed E-state index contributed by atoms with van der Waals surface area (Å²) in [5.41, 5.74) is 0. The van der Waals surface area contributed by atoms with Crippen LogP contribution in [-0.2, 0) is 4.79 Å². The van der Waals surface area contributed by atoms with Crippen LogP contribution in [-0.4, -0.2) is 24.2 Å². The lowest BCUT2D eigenvalue weighted by Crippen LogP contribution is -2.41. The molecular weight excluding hydrogens is 142 g/mol. The minimum absolute atomic E-state index is 0.164. The maximum atomic E-state index is 10.6. The zero-order valence-electron chi connectivity index (χ0n) is 7.59. The molecule has 0 rings (SSSR count). The van der Waals surface area contributed by atoms with Crippen molar-refractivity contribution in [3.63, 3.8) is 0 Å². The molecule has 0 spiro atoms. The summed E-state index contributed by atoms with van der Waals surface area (Å²) >= 11 is 0. The van der Waals surface area contributed by atoms with Crippen molar-refractivity contribution in [2.24, 2.45) is 11.8 Å². The third-order valence-electron chi connectivity index (χ3n) is 2.15. The molecule has 0 heterocycles. The first kappa shape index (κ1) is 10.4. The lowest BCUT2D eigenvalue weighted by atomic mass is 9.90. The van der Waals surface area contributed by atoms with Crippen LogP contribution in [0.3, 0.4) is 0 Å². The molecule has 0 amide bonds. The molecule has 2 atom stereocenters. The maximum Gasteiger partial charge on any atom is 0.320 e. The zero-order chi connectivity index (χ0) is 9.02. The fourth-order valence-corrected chi connectivity index (χ4v) is 0.996. The van der Waals surface area contributed by atoms with Gasteiger partial charge in [-0.2, -0.15) is 0 Å². The Labute approximate surface area is 67.8 Å². The van der Waals surface area contributed by atoms with Gasteiger partial charge in [-0.1, -0.05) is 20.8 Å². The maximum absolute atomic E-state index is 10.6. The van der Waals surface area contributed by atoms with Gasteiger partial charge in [0.1, 0.15) is 6.04 Å². The molecule has 0 unspecified atom stereocenters. The van der Waals surface area contributed by atoms with Crippen molar-refractivity contribution in [1.29, 1.82) is 0 Å². The normalized spacial score (nSPS) is 16.5. The number of aliphatic carboxylic acids is 1. The van der Waals surface area contributed by atoms with Crippen LogP contribution in [0.2, 0.25) is 0 Å². The van der Waals surface area contributed by atoms with Gasteiger partial charge in [0.15, 0.2) is 0 Å². The molecule has 0 saturated carbocycles. The highest BCUT2D eigenvalue weighted by molar-refractivity contribution is 5.73. The Morgan fingerprint density at radius 2 is 1.82 bits per heavy atom. The van der Waals surface area contributed by atoms with E-state index < -0.39 is 12.0 Å². The molecule has 2 N–H and O–H groups in total. The molecule has 0 aromatic rings. The van der Waals surface area contributed by atoms with Crippen LogP contribution in [0.4, 0.5) is 0 Å². The Kier molecular flexibility index (Phi) is 4.11. The number of carboxylic acids is 1. The fourth-order valence-electron chi connectivity index (χ4n) is 0.996. The first-order valence-corrected chi connectivity index (χ1v) is 3.90. The Balaban J connectivity index is 4.14. The molecule has 3 heteroatoms. The first-order valence-electron chi connectivity index (χ1n) is 3.90. The van der Waals surface area contributed by atoms with E-state index in [1.54, 1.807) is 7.05 Å². The van der Waals surface area contributed by atoms with Gasteiger partial charge in [-0.3, -0.25) is 4.79 Å². The lowest BCUT2D eigenvalue weighted by Gasteiger charge is -2.22. The summed E-state index contributed by atoms with van der Waals surface area (Å²) in [6, 6.07) is -0.421. The molecule has 0 bridgehead atoms. The molecule has 0 aliphatic carbocycles. The van der Waals surface area contributed by atoms with Gasteiger partial charge in [0.25, 0.3) is 0 Å². The average molecular weight is 159 g/mol. The summed E-state index contributed by atoms with van der Waals surface area (Å²) < 4.78 is 0. The molecule has 0 aliphatic rings. The zero-order valence-corrected chi connectivity index (χ0v) is 7.59. The Bertz CT molecular complexity index is 134. The van der Waals surface area contributed by atoms with Gasteiger partial charge in [0.2, 0.25) is 0 Å². The summed E-state index contributed by atoms with van der Waals surface area (Å²) in [4.78, 5) is 10.6. The number of likely N-dealkylation sites (N-methyl/N-ethyl adjacent to an activating group) is 1. The van der Waals surface area contributed by atoms with Gasteiger partial charge in [0.05, 0.1) is 0 Å². The van der Waals surface area contributed by atoms with Crippen LogP contribution in [0.15, 0.2) is 0 Å². The first-order chi connectivity index (χ1) is 5.00. The molecule has 0 aromatic carbocycles. The van der Waals surface area contributed by atoms with E-state index in [1.807, 2.05) is 20.8 Å². The number of hydrogen-bond acceptors (Lipinski definition) is 2. The highest BCUT2D eigenvalue weighted by atomic mass is 16.4. The number of carboxylic acid groups (broad SMARTS) is 1. The van der Waals surface area contributed by atoms with Crippen molar-refractivity contribution in [1.82, 2.24) is 5.32 Å². The summed E-state index contributed by atoms with van der Waals surface area (Å²) in [6.45, 7) is 6.00. The monoisotopic (exact) mass is 159 g/mol. The van der Waals surface area contributed by atoms with E-state index in [0.29, 0.717) is 5.92 Å². The molecule has 0 aromatic heterocycles. The number of hydrogen-bond donors (Lipinski definition) is 2. The topological polar surface area (TPSA) is 49.3 Å². The molecule has 0 saturated heterocycles. The van der Waals surface area contributed by atoms with Crippen molar-refractivity contribution in [3.05, 3.63) is 0 Å². The minimum atomic E-state index is -0.770. The van der Waals surface area contributed by atoms with Gasteiger partial charge < -0.3 is 10.4 Å². The molecule has 0 aliphatic heterocycles. The van der Waals surface area contributed by atoms with Gasteiger partial charge in [-0.15, -0.1) is 0 Å². The van der Waals surface area contributed by atoms with Crippen molar-refractivity contribution in [2.45, 2.75) is 26.8 Å². The van der Waals surface area contributed by atoms with E-state index in [9.17, 15) is 4.79 Å². The Morgan fingerprint density at radius 3 is 1.91 bits per heavy atom. The van der Waals surface area contributed by atoms with Crippen LogP contribution < -0.4 is 5.32 Å². The van der Waals surface area contributed by atoms with Crippen LogP contribution in [0, 0.1) is 11.8 Å². The second kappa shape index (κ2) is 4.34. The molecule has 11 heavy (non-hydrogen) atoms. The van der Waals surface area contributed by atoms with E-state index in [2.05, 4.69) is 5.32 Å². The van der Waals surface area contributed by atoms with E-state index in [0.717, 1.165) is 0 Å². The second-order valence-electron chi connectivity index (χ2n) is 3.21. The van der Waals surface area contributed by atoms with E-state index in [1.165, 1.54) is 0 Å². The predicted molar refractivity (Wildman–Crippen MR) is 44.5 cm³/mol. The van der Waals surface area contributed by atoms with Gasteiger partial charge >= 0.3 is 5.97 Å². The van der Waals surface area contributed by atoms with Crippen molar-refractivity contribution < 1.29 is 9.90 Å². The quantitative estimate of drug-likeness (QED) is 0.642. The van der Waals surface area contributed by atoms with Gasteiger partial charge in [0, 0.05) is 0 Å². The summed E-state index contributed by atoms with van der Waals surface area (Å²) in [7, 11) is 1.68. The van der Waals surface area contributed by atoms with E-state index >= 15 is 0 Å². The van der Waals surface area contributed by atoms with Crippen LogP contribution in [0.1, 0.15) is 20.8 Å². The van der Waals surface area contributed by atoms with Crippen molar-refractivity contribution in [2.75, 3.05) is 7.05 Å². The summed E-state index contributed by atoms with van der Waals surface area (Å²) in [5.74, 6) is -0.213. The van der Waals surface area contributed by atoms with Crippen LogP contribution in [0.25, 0.3) is 0 Å². The summed E-state index contributed by atoms with van der Waals surface area (Å²) in [6.07, 6.45) is 0. The largest absolute Gasteiger partial charge is 0.480 e. The Hall–Kier alpha value is -0.570. The molecule has 3 nitrogen and oxygen atoms in total. The van der Waals surface area contributed by atoms with Crippen LogP contribution >= 0.6 is 0 Å². The van der Waals surface area contributed by atoms with E-state index in [-0.39, 0.29) is 5.92 Å². The third-order valence-corrected chi connectivity index (χ3v) is 2.15. The number of rotatable bonds is 4. The average Bonchev–Trinajstić information content (AvgIpc) is 1.88. The third kappa shape index (κ3) is 2.89. The predicted octanol–water partition coefficient (Wildman–Crippen LogP) is 0.951.